The summed E-state index contributed by atoms with van der Waals surface area (Å²) in [5, 5.41) is 0. The molecule has 2 rings (SSSR count). The Kier molecular flexibility index (Phi) is 3.88. The molecule has 1 heterocycles. The van der Waals surface area contributed by atoms with Crippen molar-refractivity contribution in [1.29, 1.82) is 0 Å². The van der Waals surface area contributed by atoms with E-state index in [9.17, 15) is 4.39 Å². The van der Waals surface area contributed by atoms with Crippen LogP contribution in [0.2, 0.25) is 4.34 Å². The van der Waals surface area contributed by atoms with Crippen molar-refractivity contribution >= 4 is 38.9 Å². The maximum absolute atomic E-state index is 13.2. The fourth-order valence-corrected chi connectivity index (χ4v) is 3.37. The molecule has 0 amide bonds. The van der Waals surface area contributed by atoms with Gasteiger partial charge in [-0.1, -0.05) is 17.7 Å². The third kappa shape index (κ3) is 2.71. The van der Waals surface area contributed by atoms with Crippen LogP contribution in [-0.4, -0.2) is 0 Å². The highest BCUT2D eigenvalue weighted by Crippen LogP contribution is 2.37. The molecular weight excluding hydrogens is 325 g/mol. The minimum absolute atomic E-state index is 0.275. The number of benzene rings is 1. The number of nitrogens with two attached hydrogens (primary N) is 1. The third-order valence-electron chi connectivity index (χ3n) is 2.55. The molecular formula is C12H10BrClFNS. The predicted octanol–water partition coefficient (Wildman–Crippen LogP) is 4.66. The second-order valence-corrected chi connectivity index (χ2v) is 6.29. The first-order chi connectivity index (χ1) is 7.99. The van der Waals surface area contributed by atoms with Gasteiger partial charge in [-0.25, -0.2) is 4.39 Å². The van der Waals surface area contributed by atoms with Gasteiger partial charge in [-0.2, -0.15) is 0 Å². The Hall–Kier alpha value is -0.420. The lowest BCUT2D eigenvalue weighted by Gasteiger charge is -2.13. The van der Waals surface area contributed by atoms with Crippen molar-refractivity contribution in [2.75, 3.05) is 0 Å². The Morgan fingerprint density at radius 2 is 2.12 bits per heavy atom. The highest BCUT2D eigenvalue weighted by Gasteiger charge is 2.16. The molecule has 0 radical (unpaired) electrons. The topological polar surface area (TPSA) is 26.0 Å². The van der Waals surface area contributed by atoms with Gasteiger partial charge in [0.15, 0.2) is 0 Å². The lowest BCUT2D eigenvalue weighted by Crippen LogP contribution is -2.12. The van der Waals surface area contributed by atoms with Gasteiger partial charge in [0, 0.05) is 9.35 Å². The Balaban J connectivity index is 2.42. The summed E-state index contributed by atoms with van der Waals surface area (Å²) in [5.41, 5.74) is 7.89. The van der Waals surface area contributed by atoms with Gasteiger partial charge in [-0.05, 0) is 52.2 Å². The summed E-state index contributed by atoms with van der Waals surface area (Å²) in [4.78, 5) is 0.913. The van der Waals surface area contributed by atoms with Crippen LogP contribution in [0.4, 0.5) is 4.39 Å². The van der Waals surface area contributed by atoms with Crippen molar-refractivity contribution in [3.8, 4) is 0 Å². The minimum atomic E-state index is -0.348. The summed E-state index contributed by atoms with van der Waals surface area (Å²) in [6, 6.07) is 6.17. The Morgan fingerprint density at radius 3 is 2.71 bits per heavy atom. The quantitative estimate of drug-likeness (QED) is 0.849. The van der Waals surface area contributed by atoms with Gasteiger partial charge in [-0.3, -0.25) is 0 Å². The van der Waals surface area contributed by atoms with Crippen LogP contribution in [0.3, 0.4) is 0 Å². The van der Waals surface area contributed by atoms with E-state index in [-0.39, 0.29) is 11.9 Å². The molecule has 1 atom stereocenters. The zero-order valence-corrected chi connectivity index (χ0v) is 12.2. The lowest BCUT2D eigenvalue weighted by molar-refractivity contribution is 0.623. The standard InChI is InChI=1S/C12H10BrClFNS/c1-6-2-3-7(15)4-8(6)11(16)10-5-9(13)12(14)17-10/h2-5,11H,16H2,1H3. The molecule has 1 unspecified atom stereocenters. The fourth-order valence-electron chi connectivity index (χ4n) is 1.62. The van der Waals surface area contributed by atoms with Crippen LogP contribution in [0, 0.1) is 12.7 Å². The van der Waals surface area contributed by atoms with Crippen LogP contribution >= 0.6 is 38.9 Å². The largest absolute Gasteiger partial charge is 0.320 e. The van der Waals surface area contributed by atoms with E-state index < -0.39 is 0 Å². The van der Waals surface area contributed by atoms with Crippen molar-refractivity contribution in [1.82, 2.24) is 0 Å². The number of aryl methyl sites for hydroxylation is 1. The maximum atomic E-state index is 13.2. The first-order valence-electron chi connectivity index (χ1n) is 4.95. The van der Waals surface area contributed by atoms with Gasteiger partial charge in [0.05, 0.1) is 6.04 Å². The number of halogens is 3. The van der Waals surface area contributed by atoms with Crippen molar-refractivity contribution in [3.05, 3.63) is 54.9 Å². The van der Waals surface area contributed by atoms with E-state index in [0.717, 1.165) is 20.5 Å². The average molecular weight is 335 g/mol. The minimum Gasteiger partial charge on any atom is -0.320 e. The number of hydrogen-bond donors (Lipinski definition) is 1. The van der Waals surface area contributed by atoms with E-state index in [1.54, 1.807) is 6.07 Å². The smallest absolute Gasteiger partial charge is 0.123 e. The van der Waals surface area contributed by atoms with E-state index in [4.69, 9.17) is 17.3 Å². The second kappa shape index (κ2) is 5.06. The van der Waals surface area contributed by atoms with Crippen molar-refractivity contribution in [3.63, 3.8) is 0 Å². The fraction of sp³-hybridized carbons (Fsp3) is 0.167. The summed E-state index contributed by atoms with van der Waals surface area (Å²) < 4.78 is 14.7. The van der Waals surface area contributed by atoms with Crippen molar-refractivity contribution in [2.45, 2.75) is 13.0 Å². The first-order valence-corrected chi connectivity index (χ1v) is 6.94. The van der Waals surface area contributed by atoms with Gasteiger partial charge >= 0.3 is 0 Å². The molecule has 2 N–H and O–H groups in total. The summed E-state index contributed by atoms with van der Waals surface area (Å²) in [7, 11) is 0. The monoisotopic (exact) mass is 333 g/mol. The molecule has 17 heavy (non-hydrogen) atoms. The maximum Gasteiger partial charge on any atom is 0.123 e. The molecule has 0 aliphatic rings. The van der Waals surface area contributed by atoms with Crippen LogP contribution in [0.5, 0.6) is 0 Å². The van der Waals surface area contributed by atoms with Gasteiger partial charge in [0.1, 0.15) is 10.2 Å². The van der Waals surface area contributed by atoms with Gasteiger partial charge in [-0.15, -0.1) is 11.3 Å². The normalized spacial score (nSPS) is 12.8. The molecule has 5 heteroatoms. The first kappa shape index (κ1) is 13.0. The highest BCUT2D eigenvalue weighted by molar-refractivity contribution is 9.10. The number of hydrogen-bond acceptors (Lipinski definition) is 2. The summed E-state index contributed by atoms with van der Waals surface area (Å²) >= 11 is 10.7. The molecule has 1 aromatic carbocycles. The molecule has 2 aromatic rings. The van der Waals surface area contributed by atoms with Crippen LogP contribution in [0.25, 0.3) is 0 Å². The molecule has 1 nitrogen and oxygen atoms in total. The Bertz CT molecular complexity index is 536. The lowest BCUT2D eigenvalue weighted by atomic mass is 10.0. The molecule has 90 valence electrons. The highest BCUT2D eigenvalue weighted by atomic mass is 79.9. The van der Waals surface area contributed by atoms with Crippen molar-refractivity contribution < 1.29 is 4.39 Å². The average Bonchev–Trinajstić information content (AvgIpc) is 2.62. The molecule has 1 aromatic heterocycles. The zero-order chi connectivity index (χ0) is 12.6. The molecule has 0 saturated heterocycles. The Labute approximate surface area is 117 Å². The summed E-state index contributed by atoms with van der Waals surface area (Å²) in [6.07, 6.45) is 0. The molecule has 0 spiro atoms. The van der Waals surface area contributed by atoms with E-state index >= 15 is 0 Å². The SMILES string of the molecule is Cc1ccc(F)cc1C(N)c1cc(Br)c(Cl)s1. The third-order valence-corrected chi connectivity index (χ3v) is 5.10. The number of thiophene rings is 1. The van der Waals surface area contributed by atoms with Crippen molar-refractivity contribution in [2.24, 2.45) is 5.73 Å². The molecule has 0 fully saturated rings. The van der Waals surface area contributed by atoms with Gasteiger partial charge in [0.25, 0.3) is 0 Å². The van der Waals surface area contributed by atoms with Crippen LogP contribution in [0.15, 0.2) is 28.7 Å². The Morgan fingerprint density at radius 1 is 1.41 bits per heavy atom. The van der Waals surface area contributed by atoms with Gasteiger partial charge in [0.2, 0.25) is 0 Å². The summed E-state index contributed by atoms with van der Waals surface area (Å²) in [5.74, 6) is -0.275. The molecule has 0 aliphatic carbocycles. The van der Waals surface area contributed by atoms with Crippen LogP contribution < -0.4 is 5.73 Å². The zero-order valence-electron chi connectivity index (χ0n) is 9.01. The van der Waals surface area contributed by atoms with E-state index in [2.05, 4.69) is 15.9 Å². The van der Waals surface area contributed by atoms with Crippen LogP contribution in [0.1, 0.15) is 22.0 Å². The number of rotatable bonds is 2. The second-order valence-electron chi connectivity index (χ2n) is 3.75. The summed E-state index contributed by atoms with van der Waals surface area (Å²) in [6.45, 7) is 1.92. The molecule has 0 saturated carbocycles. The van der Waals surface area contributed by atoms with E-state index in [0.29, 0.717) is 4.34 Å². The predicted molar refractivity (Wildman–Crippen MR) is 74.2 cm³/mol. The van der Waals surface area contributed by atoms with E-state index in [1.165, 1.54) is 23.5 Å². The molecule has 0 aliphatic heterocycles. The molecule has 0 bridgehead atoms. The van der Waals surface area contributed by atoms with E-state index in [1.807, 2.05) is 13.0 Å². The van der Waals surface area contributed by atoms with Crippen LogP contribution in [-0.2, 0) is 0 Å². The van der Waals surface area contributed by atoms with Gasteiger partial charge < -0.3 is 5.73 Å².